The van der Waals surface area contributed by atoms with Gasteiger partial charge in [-0.25, -0.2) is 0 Å². The standard InChI is InChI=1S/C9H17NO.ClH/c1-8(2)7-11-9-3-5-10-6-4-9;/h9-10H,1,3-7H2,2H3;1H. The molecule has 1 N–H and O–H groups in total. The molecule has 0 atom stereocenters. The van der Waals surface area contributed by atoms with Gasteiger partial charge in [0.25, 0.3) is 0 Å². The average molecular weight is 192 g/mol. The monoisotopic (exact) mass is 191 g/mol. The van der Waals surface area contributed by atoms with Crippen LogP contribution in [0.2, 0.25) is 0 Å². The second kappa shape index (κ2) is 6.46. The first kappa shape index (κ1) is 11.9. The number of rotatable bonds is 3. The first-order chi connectivity index (χ1) is 5.29. The molecule has 0 spiro atoms. The van der Waals surface area contributed by atoms with Crippen LogP contribution < -0.4 is 5.32 Å². The molecule has 0 saturated carbocycles. The highest BCUT2D eigenvalue weighted by atomic mass is 35.5. The number of nitrogens with one attached hydrogen (secondary N) is 1. The summed E-state index contributed by atoms with van der Waals surface area (Å²) in [4.78, 5) is 0. The predicted octanol–water partition coefficient (Wildman–Crippen LogP) is 1.75. The van der Waals surface area contributed by atoms with E-state index in [1.54, 1.807) is 0 Å². The second-order valence-electron chi connectivity index (χ2n) is 3.22. The number of piperidine rings is 1. The zero-order valence-corrected chi connectivity index (χ0v) is 8.45. The van der Waals surface area contributed by atoms with Crippen molar-refractivity contribution in [1.29, 1.82) is 0 Å². The molecule has 0 amide bonds. The van der Waals surface area contributed by atoms with Crippen molar-refractivity contribution in [2.24, 2.45) is 0 Å². The van der Waals surface area contributed by atoms with Crippen LogP contribution in [0.3, 0.4) is 0 Å². The van der Waals surface area contributed by atoms with E-state index < -0.39 is 0 Å². The number of hydrogen-bond donors (Lipinski definition) is 1. The highest BCUT2D eigenvalue weighted by Crippen LogP contribution is 2.07. The lowest BCUT2D eigenvalue weighted by Gasteiger charge is -2.22. The van der Waals surface area contributed by atoms with Crippen molar-refractivity contribution in [3.8, 4) is 0 Å². The average Bonchev–Trinajstić information content (AvgIpc) is 2.03. The lowest BCUT2D eigenvalue weighted by atomic mass is 10.1. The largest absolute Gasteiger partial charge is 0.374 e. The van der Waals surface area contributed by atoms with Crippen molar-refractivity contribution in [2.75, 3.05) is 19.7 Å². The van der Waals surface area contributed by atoms with Crippen LogP contribution in [-0.4, -0.2) is 25.8 Å². The molecule has 1 aliphatic rings. The van der Waals surface area contributed by atoms with Crippen LogP contribution in [0, 0.1) is 0 Å². The van der Waals surface area contributed by atoms with Gasteiger partial charge in [0.1, 0.15) is 0 Å². The summed E-state index contributed by atoms with van der Waals surface area (Å²) in [5.74, 6) is 0. The molecule has 0 aromatic heterocycles. The molecule has 0 aromatic rings. The first-order valence-corrected chi connectivity index (χ1v) is 4.26. The Morgan fingerprint density at radius 3 is 2.58 bits per heavy atom. The van der Waals surface area contributed by atoms with Gasteiger partial charge < -0.3 is 10.1 Å². The molecule has 0 unspecified atom stereocenters. The summed E-state index contributed by atoms with van der Waals surface area (Å²) in [6, 6.07) is 0. The Morgan fingerprint density at radius 1 is 1.50 bits per heavy atom. The molecule has 3 heteroatoms. The van der Waals surface area contributed by atoms with Crippen molar-refractivity contribution in [1.82, 2.24) is 5.32 Å². The summed E-state index contributed by atoms with van der Waals surface area (Å²) in [6.45, 7) is 8.72. The van der Waals surface area contributed by atoms with E-state index in [4.69, 9.17) is 4.74 Å². The van der Waals surface area contributed by atoms with Gasteiger partial charge >= 0.3 is 0 Å². The van der Waals surface area contributed by atoms with Crippen LogP contribution in [0.1, 0.15) is 19.8 Å². The highest BCUT2D eigenvalue weighted by molar-refractivity contribution is 5.85. The Morgan fingerprint density at radius 2 is 2.08 bits per heavy atom. The van der Waals surface area contributed by atoms with Crippen molar-refractivity contribution >= 4 is 12.4 Å². The maximum absolute atomic E-state index is 5.60. The van der Waals surface area contributed by atoms with E-state index >= 15 is 0 Å². The summed E-state index contributed by atoms with van der Waals surface area (Å²) < 4.78 is 5.60. The third-order valence-electron chi connectivity index (χ3n) is 1.85. The van der Waals surface area contributed by atoms with Crippen molar-refractivity contribution in [2.45, 2.75) is 25.9 Å². The van der Waals surface area contributed by atoms with Gasteiger partial charge in [-0.2, -0.15) is 0 Å². The topological polar surface area (TPSA) is 21.3 Å². The molecule has 1 fully saturated rings. The number of ether oxygens (including phenoxy) is 1. The maximum Gasteiger partial charge on any atom is 0.0675 e. The van der Waals surface area contributed by atoms with Crippen LogP contribution in [0.15, 0.2) is 12.2 Å². The quantitative estimate of drug-likeness (QED) is 0.687. The molecule has 0 radical (unpaired) electrons. The Balaban J connectivity index is 0.00000121. The van der Waals surface area contributed by atoms with Crippen LogP contribution in [0.25, 0.3) is 0 Å². The normalized spacial score (nSPS) is 18.4. The van der Waals surface area contributed by atoms with E-state index in [-0.39, 0.29) is 12.4 Å². The summed E-state index contributed by atoms with van der Waals surface area (Å²) in [7, 11) is 0. The molecule has 1 aliphatic heterocycles. The number of hydrogen-bond acceptors (Lipinski definition) is 2. The Labute approximate surface area is 80.8 Å². The van der Waals surface area contributed by atoms with E-state index in [0.29, 0.717) is 6.10 Å². The van der Waals surface area contributed by atoms with Crippen molar-refractivity contribution in [3.63, 3.8) is 0 Å². The zero-order valence-electron chi connectivity index (χ0n) is 7.64. The van der Waals surface area contributed by atoms with Gasteiger partial charge in [-0.1, -0.05) is 12.2 Å². The fraction of sp³-hybridized carbons (Fsp3) is 0.778. The van der Waals surface area contributed by atoms with E-state index in [9.17, 15) is 0 Å². The highest BCUT2D eigenvalue weighted by Gasteiger charge is 2.12. The molecule has 72 valence electrons. The minimum Gasteiger partial charge on any atom is -0.374 e. The summed E-state index contributed by atoms with van der Waals surface area (Å²) in [5, 5.41) is 3.30. The SMILES string of the molecule is C=C(C)COC1CCNCC1.Cl. The number of halogens is 1. The van der Waals surface area contributed by atoms with Crippen LogP contribution in [0.4, 0.5) is 0 Å². The molecule has 0 bridgehead atoms. The summed E-state index contributed by atoms with van der Waals surface area (Å²) >= 11 is 0. The Hall–Kier alpha value is -0.0500. The minimum atomic E-state index is 0. The molecular formula is C9H18ClNO. The van der Waals surface area contributed by atoms with E-state index in [0.717, 1.165) is 38.1 Å². The third-order valence-corrected chi connectivity index (χ3v) is 1.85. The molecule has 1 heterocycles. The fourth-order valence-electron chi connectivity index (χ4n) is 1.22. The van der Waals surface area contributed by atoms with Gasteiger partial charge in [-0.05, 0) is 32.9 Å². The van der Waals surface area contributed by atoms with E-state index in [2.05, 4.69) is 11.9 Å². The first-order valence-electron chi connectivity index (χ1n) is 4.26. The third kappa shape index (κ3) is 4.75. The molecule has 0 aromatic carbocycles. The van der Waals surface area contributed by atoms with Gasteiger partial charge in [0.05, 0.1) is 12.7 Å². The second-order valence-corrected chi connectivity index (χ2v) is 3.22. The van der Waals surface area contributed by atoms with Crippen LogP contribution in [0.5, 0.6) is 0 Å². The zero-order chi connectivity index (χ0) is 8.10. The Kier molecular flexibility index (Phi) is 6.44. The van der Waals surface area contributed by atoms with Gasteiger partial charge in [-0.15, -0.1) is 12.4 Å². The minimum absolute atomic E-state index is 0. The van der Waals surface area contributed by atoms with E-state index in [1.807, 2.05) is 6.92 Å². The van der Waals surface area contributed by atoms with Crippen molar-refractivity contribution < 1.29 is 4.74 Å². The Bertz CT molecular complexity index is 132. The molecule has 12 heavy (non-hydrogen) atoms. The molecule has 0 aliphatic carbocycles. The lowest BCUT2D eigenvalue weighted by Crippen LogP contribution is -2.32. The molecule has 1 saturated heterocycles. The van der Waals surface area contributed by atoms with Gasteiger partial charge in [0, 0.05) is 0 Å². The maximum atomic E-state index is 5.60. The summed E-state index contributed by atoms with van der Waals surface area (Å²) in [6.07, 6.45) is 2.76. The van der Waals surface area contributed by atoms with Gasteiger partial charge in [0.2, 0.25) is 0 Å². The van der Waals surface area contributed by atoms with Gasteiger partial charge in [-0.3, -0.25) is 0 Å². The predicted molar refractivity (Wildman–Crippen MR) is 53.9 cm³/mol. The van der Waals surface area contributed by atoms with Crippen LogP contribution >= 0.6 is 12.4 Å². The van der Waals surface area contributed by atoms with Crippen LogP contribution in [-0.2, 0) is 4.74 Å². The van der Waals surface area contributed by atoms with Crippen molar-refractivity contribution in [3.05, 3.63) is 12.2 Å². The van der Waals surface area contributed by atoms with Gasteiger partial charge in [0.15, 0.2) is 0 Å². The fourth-order valence-corrected chi connectivity index (χ4v) is 1.22. The molecular weight excluding hydrogens is 174 g/mol. The molecule has 1 rings (SSSR count). The van der Waals surface area contributed by atoms with E-state index in [1.165, 1.54) is 0 Å². The smallest absolute Gasteiger partial charge is 0.0675 e. The lowest BCUT2D eigenvalue weighted by molar-refractivity contribution is 0.0477. The molecule has 2 nitrogen and oxygen atoms in total. The summed E-state index contributed by atoms with van der Waals surface area (Å²) in [5.41, 5.74) is 1.11.